The summed E-state index contributed by atoms with van der Waals surface area (Å²) in [6.45, 7) is 0. The number of aliphatic hydroxyl groups is 1. The van der Waals surface area contributed by atoms with Gasteiger partial charge in [0.2, 0.25) is 0 Å². The molecule has 1 rings (SSSR count). The quantitative estimate of drug-likeness (QED) is 0.723. The Labute approximate surface area is 124 Å². The summed E-state index contributed by atoms with van der Waals surface area (Å²) in [5.41, 5.74) is -7.21. The highest BCUT2D eigenvalue weighted by Gasteiger charge is 2.71. The van der Waals surface area contributed by atoms with Crippen molar-refractivity contribution in [3.63, 3.8) is 0 Å². The van der Waals surface area contributed by atoms with Crippen LogP contribution in [-0.4, -0.2) is 23.8 Å². The number of rotatable bonds is 2. The Morgan fingerprint density at radius 1 is 0.864 bits per heavy atom. The average molecular weight is 407 g/mol. The maximum absolute atomic E-state index is 12.6. The van der Waals surface area contributed by atoms with Gasteiger partial charge < -0.3 is 9.84 Å². The molecule has 0 radical (unpaired) electrons. The lowest BCUT2D eigenvalue weighted by Crippen LogP contribution is -2.53. The van der Waals surface area contributed by atoms with Crippen LogP contribution in [0.25, 0.3) is 0 Å². The molecule has 1 aromatic carbocycles. The molecular formula is C10H4BrF9O2. The first-order chi connectivity index (χ1) is 9.59. The summed E-state index contributed by atoms with van der Waals surface area (Å²) >= 11 is 2.48. The molecule has 2 nitrogen and oxygen atoms in total. The molecule has 22 heavy (non-hydrogen) atoms. The van der Waals surface area contributed by atoms with Crippen LogP contribution in [-0.2, 0) is 5.60 Å². The standard InChI is InChI=1S/C10H4BrF9O2/c11-5-2-1-4(3-6(5)22-10(18,19)20)7(21,8(12,13)14)9(15,16)17/h1-3,21H. The van der Waals surface area contributed by atoms with Crippen LogP contribution >= 0.6 is 15.9 Å². The van der Waals surface area contributed by atoms with Gasteiger partial charge in [0, 0.05) is 5.56 Å². The summed E-state index contributed by atoms with van der Waals surface area (Å²) in [7, 11) is 0. The zero-order chi connectivity index (χ0) is 17.6. The molecule has 0 saturated carbocycles. The fraction of sp³-hybridized carbons (Fsp3) is 0.400. The van der Waals surface area contributed by atoms with Gasteiger partial charge in [0.15, 0.2) is 0 Å². The third-order valence-electron chi connectivity index (χ3n) is 2.40. The van der Waals surface area contributed by atoms with Crippen molar-refractivity contribution in [1.29, 1.82) is 0 Å². The zero-order valence-electron chi connectivity index (χ0n) is 9.87. The molecule has 0 spiro atoms. The molecule has 12 heteroatoms. The van der Waals surface area contributed by atoms with Crippen LogP contribution in [0.4, 0.5) is 39.5 Å². The van der Waals surface area contributed by atoms with Gasteiger partial charge in [-0.05, 0) is 28.1 Å². The van der Waals surface area contributed by atoms with Gasteiger partial charge in [-0.2, -0.15) is 26.3 Å². The molecule has 0 aliphatic rings. The number of hydrogen-bond acceptors (Lipinski definition) is 2. The molecule has 0 unspecified atom stereocenters. The van der Waals surface area contributed by atoms with Gasteiger partial charge in [-0.15, -0.1) is 13.2 Å². The number of alkyl halides is 9. The molecule has 0 aliphatic heterocycles. The van der Waals surface area contributed by atoms with Crippen LogP contribution in [0, 0.1) is 0 Å². The van der Waals surface area contributed by atoms with Gasteiger partial charge >= 0.3 is 18.7 Å². The molecule has 0 heterocycles. The van der Waals surface area contributed by atoms with E-state index in [2.05, 4.69) is 20.7 Å². The monoisotopic (exact) mass is 406 g/mol. The second-order valence-electron chi connectivity index (χ2n) is 3.90. The summed E-state index contributed by atoms with van der Waals surface area (Å²) in [4.78, 5) is 0. The van der Waals surface area contributed by atoms with E-state index >= 15 is 0 Å². The van der Waals surface area contributed by atoms with Crippen molar-refractivity contribution < 1.29 is 49.4 Å². The topological polar surface area (TPSA) is 29.5 Å². The van der Waals surface area contributed by atoms with Gasteiger partial charge in [-0.25, -0.2) is 0 Å². The molecule has 126 valence electrons. The Morgan fingerprint density at radius 3 is 1.68 bits per heavy atom. The van der Waals surface area contributed by atoms with Gasteiger partial charge in [-0.3, -0.25) is 0 Å². The van der Waals surface area contributed by atoms with Gasteiger partial charge in [-0.1, -0.05) is 6.07 Å². The first kappa shape index (κ1) is 18.9. The smallest absolute Gasteiger partial charge is 0.405 e. The third kappa shape index (κ3) is 3.59. The Morgan fingerprint density at radius 2 is 1.32 bits per heavy atom. The highest BCUT2D eigenvalue weighted by Crippen LogP contribution is 2.51. The fourth-order valence-electron chi connectivity index (χ4n) is 1.42. The van der Waals surface area contributed by atoms with Crippen molar-refractivity contribution >= 4 is 15.9 Å². The van der Waals surface area contributed by atoms with Crippen LogP contribution < -0.4 is 4.74 Å². The summed E-state index contributed by atoms with van der Waals surface area (Å²) in [5, 5.41) is 9.07. The molecule has 0 bridgehead atoms. The maximum Gasteiger partial charge on any atom is 0.573 e. The van der Waals surface area contributed by atoms with E-state index in [1.165, 1.54) is 0 Å². The Hall–Kier alpha value is -1.17. The van der Waals surface area contributed by atoms with Crippen molar-refractivity contribution in [2.45, 2.75) is 24.3 Å². The van der Waals surface area contributed by atoms with E-state index in [-0.39, 0.29) is 12.1 Å². The minimum Gasteiger partial charge on any atom is -0.405 e. The van der Waals surface area contributed by atoms with Gasteiger partial charge in [0.1, 0.15) is 5.75 Å². The normalized spacial score (nSPS) is 14.1. The number of halogens is 10. The summed E-state index contributed by atoms with van der Waals surface area (Å²) in [6.07, 6.45) is -17.8. The van der Waals surface area contributed by atoms with Crippen LogP contribution in [0.2, 0.25) is 0 Å². The van der Waals surface area contributed by atoms with Gasteiger partial charge in [0.05, 0.1) is 4.47 Å². The number of ether oxygens (including phenoxy) is 1. The largest absolute Gasteiger partial charge is 0.573 e. The summed E-state index contributed by atoms with van der Waals surface area (Å²) < 4.78 is 115. The minimum absolute atomic E-state index is 0.175. The number of hydrogen-bond donors (Lipinski definition) is 1. The lowest BCUT2D eigenvalue weighted by molar-refractivity contribution is -0.376. The fourth-order valence-corrected chi connectivity index (χ4v) is 1.75. The predicted octanol–water partition coefficient (Wildman–Crippen LogP) is 4.66. The van der Waals surface area contributed by atoms with Crippen molar-refractivity contribution in [3.05, 3.63) is 28.2 Å². The first-order valence-electron chi connectivity index (χ1n) is 5.01. The van der Waals surface area contributed by atoms with Crippen LogP contribution in [0.15, 0.2) is 22.7 Å². The van der Waals surface area contributed by atoms with Crippen molar-refractivity contribution in [2.75, 3.05) is 0 Å². The minimum atomic E-state index is -6.21. The molecular weight excluding hydrogens is 403 g/mol. The van der Waals surface area contributed by atoms with Crippen LogP contribution in [0.5, 0.6) is 5.75 Å². The lowest BCUT2D eigenvalue weighted by atomic mass is 9.92. The molecule has 0 fully saturated rings. The second-order valence-corrected chi connectivity index (χ2v) is 4.75. The Bertz CT molecular complexity index is 533. The van der Waals surface area contributed by atoms with E-state index in [0.717, 1.165) is 0 Å². The lowest BCUT2D eigenvalue weighted by Gasteiger charge is -2.32. The molecule has 0 amide bonds. The SMILES string of the molecule is OC(c1ccc(Br)c(OC(F)(F)F)c1)(C(F)(F)F)C(F)(F)F. The number of benzene rings is 1. The van der Waals surface area contributed by atoms with E-state index in [1.54, 1.807) is 0 Å². The average Bonchev–Trinajstić information content (AvgIpc) is 2.26. The van der Waals surface area contributed by atoms with E-state index in [9.17, 15) is 39.5 Å². The molecule has 0 atom stereocenters. The molecule has 0 aliphatic carbocycles. The van der Waals surface area contributed by atoms with Crippen LogP contribution in [0.1, 0.15) is 5.56 Å². The van der Waals surface area contributed by atoms with Crippen LogP contribution in [0.3, 0.4) is 0 Å². The summed E-state index contributed by atoms with van der Waals surface area (Å²) in [6, 6.07) is 0.436. The van der Waals surface area contributed by atoms with Crippen molar-refractivity contribution in [2.24, 2.45) is 0 Å². The van der Waals surface area contributed by atoms with Gasteiger partial charge in [0.25, 0.3) is 5.60 Å². The first-order valence-corrected chi connectivity index (χ1v) is 5.80. The predicted molar refractivity (Wildman–Crippen MR) is 56.8 cm³/mol. The molecule has 0 aromatic heterocycles. The van der Waals surface area contributed by atoms with Crippen molar-refractivity contribution in [1.82, 2.24) is 0 Å². The highest BCUT2D eigenvalue weighted by molar-refractivity contribution is 9.10. The summed E-state index contributed by atoms with van der Waals surface area (Å²) in [5.74, 6) is -1.36. The van der Waals surface area contributed by atoms with E-state index in [0.29, 0.717) is 6.07 Å². The zero-order valence-corrected chi connectivity index (χ0v) is 11.5. The van der Waals surface area contributed by atoms with E-state index in [1.807, 2.05) is 0 Å². The molecule has 0 saturated heterocycles. The third-order valence-corrected chi connectivity index (χ3v) is 3.05. The molecule has 1 N–H and O–H groups in total. The maximum atomic E-state index is 12.6. The highest BCUT2D eigenvalue weighted by atomic mass is 79.9. The van der Waals surface area contributed by atoms with E-state index < -0.39 is 40.1 Å². The Kier molecular flexibility index (Phi) is 4.70. The second kappa shape index (κ2) is 5.48. The van der Waals surface area contributed by atoms with Crippen molar-refractivity contribution in [3.8, 4) is 5.75 Å². The van der Waals surface area contributed by atoms with E-state index in [4.69, 9.17) is 5.11 Å². The Balaban J connectivity index is 3.50. The molecule has 1 aromatic rings.